The van der Waals surface area contributed by atoms with Crippen LogP contribution in [0.5, 0.6) is 0 Å². The SMILES string of the molecule is [c]1cc2ccc3cc(-c4ccc5c6ccccc6c6ccccc6c5c4)cc4ccc(c1)c2c34. The predicted molar refractivity (Wildman–Crippen MR) is 147 cm³/mol. The van der Waals surface area contributed by atoms with Crippen molar-refractivity contribution in [2.75, 3.05) is 0 Å². The van der Waals surface area contributed by atoms with Crippen molar-refractivity contribution in [1.82, 2.24) is 0 Å². The predicted octanol–water partition coefficient (Wildman–Crippen LogP) is 9.51. The molecule has 0 fully saturated rings. The summed E-state index contributed by atoms with van der Waals surface area (Å²) in [5.74, 6) is 0. The minimum atomic E-state index is 1.26. The lowest BCUT2D eigenvalue weighted by Gasteiger charge is -2.14. The van der Waals surface area contributed by atoms with E-state index in [4.69, 9.17) is 0 Å². The number of hydrogen-bond acceptors (Lipinski definition) is 0. The molecule has 0 saturated heterocycles. The highest BCUT2D eigenvalue weighted by Crippen LogP contribution is 2.40. The maximum Gasteiger partial charge on any atom is -0.00264 e. The average Bonchev–Trinajstić information content (AvgIpc) is 2.91. The second kappa shape index (κ2) is 6.56. The number of rotatable bonds is 1. The van der Waals surface area contributed by atoms with Crippen LogP contribution in [0.15, 0.2) is 115 Å². The minimum absolute atomic E-state index is 1.26. The van der Waals surface area contributed by atoms with Crippen molar-refractivity contribution in [3.63, 3.8) is 0 Å². The van der Waals surface area contributed by atoms with Crippen molar-refractivity contribution in [2.45, 2.75) is 0 Å². The molecule has 0 heteroatoms. The lowest BCUT2D eigenvalue weighted by molar-refractivity contribution is 1.70. The Hall–Kier alpha value is -4.42. The highest BCUT2D eigenvalue weighted by atomic mass is 14.2. The highest BCUT2D eigenvalue weighted by Gasteiger charge is 2.12. The van der Waals surface area contributed by atoms with Crippen LogP contribution in [-0.4, -0.2) is 0 Å². The van der Waals surface area contributed by atoms with E-state index in [2.05, 4.69) is 121 Å². The molecule has 0 aliphatic heterocycles. The molecule has 0 aromatic heterocycles. The standard InChI is InChI=1S/C34H19/c1-2-10-29-27(8-1)28-9-3-4-11-30(28)32-20-23(16-17-31(29)32)26-18-24-14-12-21-6-5-7-22-13-15-25(19-26)34(24)33(21)22/h1-4,6-20H. The summed E-state index contributed by atoms with van der Waals surface area (Å²) >= 11 is 0. The molecule has 0 unspecified atom stereocenters. The van der Waals surface area contributed by atoms with E-state index in [9.17, 15) is 0 Å². The molecule has 1 radical (unpaired) electrons. The summed E-state index contributed by atoms with van der Waals surface area (Å²) in [4.78, 5) is 0. The molecule has 8 aromatic rings. The van der Waals surface area contributed by atoms with Crippen molar-refractivity contribution < 1.29 is 0 Å². The van der Waals surface area contributed by atoms with E-state index in [0.29, 0.717) is 0 Å². The smallest absolute Gasteiger partial charge is 0.00264 e. The van der Waals surface area contributed by atoms with Crippen LogP contribution < -0.4 is 0 Å². The van der Waals surface area contributed by atoms with Crippen LogP contribution in [0.1, 0.15) is 0 Å². The Morgan fingerprint density at radius 1 is 0.353 bits per heavy atom. The van der Waals surface area contributed by atoms with Gasteiger partial charge in [-0.05, 0) is 112 Å². The number of hydrogen-bond donors (Lipinski definition) is 0. The zero-order valence-electron chi connectivity index (χ0n) is 18.5. The van der Waals surface area contributed by atoms with Crippen molar-refractivity contribution in [3.05, 3.63) is 121 Å². The largest absolute Gasteiger partial charge is 0.0616 e. The molecule has 8 rings (SSSR count). The molecule has 0 saturated carbocycles. The topological polar surface area (TPSA) is 0 Å². The summed E-state index contributed by atoms with van der Waals surface area (Å²) in [5, 5.41) is 15.7. The second-order valence-electron chi connectivity index (χ2n) is 9.29. The zero-order valence-corrected chi connectivity index (χ0v) is 18.5. The van der Waals surface area contributed by atoms with Gasteiger partial charge in [0.15, 0.2) is 0 Å². The van der Waals surface area contributed by atoms with E-state index in [-0.39, 0.29) is 0 Å². The Balaban J connectivity index is 1.45. The van der Waals surface area contributed by atoms with E-state index >= 15 is 0 Å². The van der Waals surface area contributed by atoms with Gasteiger partial charge in [-0.1, -0.05) is 84.9 Å². The summed E-state index contributed by atoms with van der Waals surface area (Å²) in [6, 6.07) is 45.6. The molecule has 0 heterocycles. The van der Waals surface area contributed by atoms with Gasteiger partial charge in [-0.2, -0.15) is 0 Å². The molecular formula is C34H19. The first-order valence-electron chi connectivity index (χ1n) is 11.8. The van der Waals surface area contributed by atoms with Crippen LogP contribution >= 0.6 is 0 Å². The third-order valence-corrected chi connectivity index (χ3v) is 7.47. The van der Waals surface area contributed by atoms with E-state index in [0.717, 1.165) is 0 Å². The first-order chi connectivity index (χ1) is 16.8. The van der Waals surface area contributed by atoms with Crippen molar-refractivity contribution in [3.8, 4) is 11.1 Å². The van der Waals surface area contributed by atoms with E-state index in [1.807, 2.05) is 0 Å². The van der Waals surface area contributed by atoms with Gasteiger partial charge in [0.05, 0.1) is 0 Å². The molecule has 0 amide bonds. The van der Waals surface area contributed by atoms with Gasteiger partial charge in [0.1, 0.15) is 0 Å². The summed E-state index contributed by atoms with van der Waals surface area (Å²) in [5.41, 5.74) is 2.52. The normalized spacial score (nSPS) is 12.1. The Morgan fingerprint density at radius 3 is 1.41 bits per heavy atom. The first-order valence-corrected chi connectivity index (χ1v) is 11.8. The van der Waals surface area contributed by atoms with Gasteiger partial charge in [0, 0.05) is 0 Å². The summed E-state index contributed by atoms with van der Waals surface area (Å²) in [6.07, 6.45) is 0. The van der Waals surface area contributed by atoms with E-state index < -0.39 is 0 Å². The van der Waals surface area contributed by atoms with E-state index in [1.54, 1.807) is 0 Å². The van der Waals surface area contributed by atoms with Crippen LogP contribution in [0, 0.1) is 6.07 Å². The fourth-order valence-corrected chi connectivity index (χ4v) is 5.94. The molecule has 8 aromatic carbocycles. The molecule has 0 bridgehead atoms. The summed E-state index contributed by atoms with van der Waals surface area (Å²) in [7, 11) is 0. The average molecular weight is 428 g/mol. The lowest BCUT2D eigenvalue weighted by Crippen LogP contribution is -1.87. The zero-order chi connectivity index (χ0) is 22.2. The van der Waals surface area contributed by atoms with Gasteiger partial charge in [-0.25, -0.2) is 0 Å². The lowest BCUT2D eigenvalue weighted by atomic mass is 9.89. The third-order valence-electron chi connectivity index (χ3n) is 7.47. The molecule has 0 N–H and O–H groups in total. The second-order valence-corrected chi connectivity index (χ2v) is 9.29. The van der Waals surface area contributed by atoms with Crippen LogP contribution in [-0.2, 0) is 0 Å². The molecule has 0 atom stereocenters. The quantitative estimate of drug-likeness (QED) is 0.229. The van der Waals surface area contributed by atoms with Gasteiger partial charge >= 0.3 is 0 Å². The van der Waals surface area contributed by atoms with Crippen LogP contribution in [0.25, 0.3) is 75.8 Å². The molecule has 155 valence electrons. The maximum absolute atomic E-state index is 3.28. The molecule has 0 aliphatic carbocycles. The molecule has 34 heavy (non-hydrogen) atoms. The first kappa shape index (κ1) is 18.1. The molecular weight excluding hydrogens is 408 g/mol. The van der Waals surface area contributed by atoms with Gasteiger partial charge in [0.25, 0.3) is 0 Å². The summed E-state index contributed by atoms with van der Waals surface area (Å²) in [6.45, 7) is 0. The number of fused-ring (bicyclic) bond motifs is 6. The Kier molecular flexibility index (Phi) is 3.48. The number of benzene rings is 8. The van der Waals surface area contributed by atoms with Crippen LogP contribution in [0.4, 0.5) is 0 Å². The molecule has 0 spiro atoms. The van der Waals surface area contributed by atoms with Gasteiger partial charge in [0.2, 0.25) is 0 Å². The van der Waals surface area contributed by atoms with Crippen molar-refractivity contribution >= 4 is 64.6 Å². The van der Waals surface area contributed by atoms with Crippen molar-refractivity contribution in [2.24, 2.45) is 0 Å². The van der Waals surface area contributed by atoms with Gasteiger partial charge in [-0.3, -0.25) is 0 Å². The molecule has 0 nitrogen and oxygen atoms in total. The fraction of sp³-hybridized carbons (Fsp3) is 0. The van der Waals surface area contributed by atoms with Crippen LogP contribution in [0.2, 0.25) is 0 Å². The third kappa shape index (κ3) is 2.37. The van der Waals surface area contributed by atoms with Gasteiger partial charge < -0.3 is 0 Å². The Labute approximate surface area is 197 Å². The Morgan fingerprint density at radius 2 is 0.824 bits per heavy atom. The maximum atomic E-state index is 3.28. The summed E-state index contributed by atoms with van der Waals surface area (Å²) < 4.78 is 0. The van der Waals surface area contributed by atoms with Crippen molar-refractivity contribution in [1.29, 1.82) is 0 Å². The van der Waals surface area contributed by atoms with Crippen LogP contribution in [0.3, 0.4) is 0 Å². The highest BCUT2D eigenvalue weighted by molar-refractivity contribution is 6.26. The Bertz CT molecular complexity index is 1960. The van der Waals surface area contributed by atoms with Gasteiger partial charge in [-0.15, -0.1) is 0 Å². The molecule has 0 aliphatic rings. The minimum Gasteiger partial charge on any atom is -0.0616 e. The van der Waals surface area contributed by atoms with E-state index in [1.165, 1.54) is 75.8 Å². The monoisotopic (exact) mass is 427 g/mol. The fourth-order valence-electron chi connectivity index (χ4n) is 5.94.